The molecule has 0 radical (unpaired) electrons. The van der Waals surface area contributed by atoms with Crippen LogP contribution >= 0.6 is 0 Å². The molecule has 1 aromatic heterocycles. The van der Waals surface area contributed by atoms with Gasteiger partial charge in [-0.3, -0.25) is 0 Å². The van der Waals surface area contributed by atoms with Gasteiger partial charge >= 0.3 is 0 Å². The molecule has 3 nitrogen and oxygen atoms in total. The summed E-state index contributed by atoms with van der Waals surface area (Å²) in [6.07, 6.45) is 3.49. The smallest absolute Gasteiger partial charge is 0.243 e. The van der Waals surface area contributed by atoms with E-state index in [-0.39, 0.29) is 0 Å². The second kappa shape index (κ2) is 2.73. The Balaban J connectivity index is 2.36. The highest BCUT2D eigenvalue weighted by atomic mass is 16.4. The van der Waals surface area contributed by atoms with E-state index in [9.17, 15) is 0 Å². The molecule has 1 aliphatic rings. The van der Waals surface area contributed by atoms with Crippen molar-refractivity contribution in [2.45, 2.75) is 33.1 Å². The average molecular weight is 164 g/mol. The first kappa shape index (κ1) is 7.53. The Bertz CT molecular complexity index is 325. The van der Waals surface area contributed by atoms with Crippen molar-refractivity contribution in [1.29, 1.82) is 0 Å². The molecule has 2 rings (SSSR count). The van der Waals surface area contributed by atoms with Crippen LogP contribution in [-0.4, -0.2) is 10.2 Å². The Labute approximate surface area is 71.5 Å². The minimum atomic E-state index is 0.650. The van der Waals surface area contributed by atoms with Crippen LogP contribution in [0.3, 0.4) is 0 Å². The van der Waals surface area contributed by atoms with E-state index in [1.54, 1.807) is 0 Å². The summed E-state index contributed by atoms with van der Waals surface area (Å²) in [5.41, 5.74) is 2.66. The van der Waals surface area contributed by atoms with Crippen molar-refractivity contribution in [1.82, 2.24) is 10.2 Å². The first-order chi connectivity index (χ1) is 5.77. The lowest BCUT2D eigenvalue weighted by atomic mass is 10.2. The van der Waals surface area contributed by atoms with Gasteiger partial charge in [0.1, 0.15) is 0 Å². The number of rotatable bonds is 1. The standard InChI is InChI=1S/C9H12N2O/c1-6-4-3-5-8(6)9-11-10-7(2)12-9/h3-5H2,1-2H3. The molecule has 0 unspecified atom stereocenters. The van der Waals surface area contributed by atoms with Crippen molar-refractivity contribution in [2.75, 3.05) is 0 Å². The lowest BCUT2D eigenvalue weighted by molar-refractivity contribution is 0.504. The van der Waals surface area contributed by atoms with Gasteiger partial charge < -0.3 is 4.42 Å². The van der Waals surface area contributed by atoms with Gasteiger partial charge in [-0.1, -0.05) is 5.57 Å². The van der Waals surface area contributed by atoms with Crippen molar-refractivity contribution in [3.8, 4) is 0 Å². The summed E-state index contributed by atoms with van der Waals surface area (Å²) in [7, 11) is 0. The fourth-order valence-electron chi connectivity index (χ4n) is 1.60. The van der Waals surface area contributed by atoms with Gasteiger partial charge in [-0.15, -0.1) is 10.2 Å². The normalized spacial score (nSPS) is 17.5. The van der Waals surface area contributed by atoms with Gasteiger partial charge in [-0.05, 0) is 26.2 Å². The third-order valence-electron chi connectivity index (χ3n) is 2.28. The Morgan fingerprint density at radius 3 is 2.50 bits per heavy atom. The van der Waals surface area contributed by atoms with Crippen LogP contribution < -0.4 is 0 Å². The lowest BCUT2D eigenvalue weighted by Gasteiger charge is -1.94. The van der Waals surface area contributed by atoms with E-state index in [0.29, 0.717) is 5.89 Å². The Kier molecular flexibility index (Phi) is 1.71. The molecule has 0 saturated heterocycles. The number of aryl methyl sites for hydroxylation is 1. The van der Waals surface area contributed by atoms with Gasteiger partial charge in [0.2, 0.25) is 11.8 Å². The molecule has 0 amide bonds. The summed E-state index contributed by atoms with van der Waals surface area (Å²) >= 11 is 0. The van der Waals surface area contributed by atoms with Crippen LogP contribution in [0.1, 0.15) is 38.0 Å². The maximum absolute atomic E-state index is 5.36. The van der Waals surface area contributed by atoms with Crippen LogP contribution in [0.4, 0.5) is 0 Å². The summed E-state index contributed by atoms with van der Waals surface area (Å²) in [6, 6.07) is 0. The molecule has 3 heteroatoms. The topological polar surface area (TPSA) is 38.9 Å². The third-order valence-corrected chi connectivity index (χ3v) is 2.28. The molecule has 12 heavy (non-hydrogen) atoms. The molecule has 0 aromatic carbocycles. The van der Waals surface area contributed by atoms with Crippen LogP contribution in [-0.2, 0) is 0 Å². The van der Waals surface area contributed by atoms with E-state index in [4.69, 9.17) is 4.42 Å². The molecule has 64 valence electrons. The first-order valence-electron chi connectivity index (χ1n) is 4.26. The van der Waals surface area contributed by atoms with Crippen molar-refractivity contribution in [2.24, 2.45) is 0 Å². The Morgan fingerprint density at radius 1 is 1.17 bits per heavy atom. The zero-order valence-electron chi connectivity index (χ0n) is 7.42. The van der Waals surface area contributed by atoms with E-state index in [1.807, 2.05) is 6.92 Å². The second-order valence-corrected chi connectivity index (χ2v) is 3.24. The monoisotopic (exact) mass is 164 g/mol. The lowest BCUT2D eigenvalue weighted by Crippen LogP contribution is -1.82. The van der Waals surface area contributed by atoms with Gasteiger partial charge in [0.15, 0.2) is 0 Å². The molecule has 0 bridgehead atoms. The van der Waals surface area contributed by atoms with Crippen LogP contribution in [0.5, 0.6) is 0 Å². The number of hydrogen-bond acceptors (Lipinski definition) is 3. The zero-order valence-corrected chi connectivity index (χ0v) is 7.42. The summed E-state index contributed by atoms with van der Waals surface area (Å²) in [6.45, 7) is 3.96. The van der Waals surface area contributed by atoms with E-state index in [0.717, 1.165) is 12.3 Å². The van der Waals surface area contributed by atoms with Crippen LogP contribution in [0.2, 0.25) is 0 Å². The molecule has 0 fully saturated rings. The quantitative estimate of drug-likeness (QED) is 0.639. The highest BCUT2D eigenvalue weighted by molar-refractivity contribution is 5.63. The van der Waals surface area contributed by atoms with E-state index in [2.05, 4.69) is 17.1 Å². The minimum absolute atomic E-state index is 0.650. The first-order valence-corrected chi connectivity index (χ1v) is 4.26. The predicted molar refractivity (Wildman–Crippen MR) is 45.5 cm³/mol. The maximum Gasteiger partial charge on any atom is 0.243 e. The van der Waals surface area contributed by atoms with Crippen molar-refractivity contribution >= 4 is 5.57 Å². The van der Waals surface area contributed by atoms with Crippen molar-refractivity contribution in [3.63, 3.8) is 0 Å². The van der Waals surface area contributed by atoms with Gasteiger partial charge in [0.25, 0.3) is 0 Å². The van der Waals surface area contributed by atoms with E-state index in [1.165, 1.54) is 24.0 Å². The zero-order chi connectivity index (χ0) is 8.55. The minimum Gasteiger partial charge on any atom is -0.421 e. The number of hydrogen-bond donors (Lipinski definition) is 0. The predicted octanol–water partition coefficient (Wildman–Crippen LogP) is 2.34. The molecule has 1 aromatic rings. The number of nitrogens with zero attached hydrogens (tertiary/aromatic N) is 2. The van der Waals surface area contributed by atoms with E-state index < -0.39 is 0 Å². The number of aromatic nitrogens is 2. The highest BCUT2D eigenvalue weighted by Gasteiger charge is 2.17. The number of allylic oxidation sites excluding steroid dienone is 2. The van der Waals surface area contributed by atoms with E-state index >= 15 is 0 Å². The summed E-state index contributed by atoms with van der Waals surface area (Å²) in [5.74, 6) is 1.37. The fourth-order valence-corrected chi connectivity index (χ4v) is 1.60. The molecule has 0 spiro atoms. The third kappa shape index (κ3) is 1.15. The molecule has 0 N–H and O–H groups in total. The molecular formula is C9H12N2O. The molecule has 0 saturated carbocycles. The summed E-state index contributed by atoms with van der Waals surface area (Å²) in [5, 5.41) is 7.82. The molecule has 0 aliphatic heterocycles. The van der Waals surface area contributed by atoms with Gasteiger partial charge in [-0.2, -0.15) is 0 Å². The summed E-state index contributed by atoms with van der Waals surface area (Å²) in [4.78, 5) is 0. The SMILES string of the molecule is CC1=C(c2nnc(C)o2)CCC1. The molecule has 1 heterocycles. The largest absolute Gasteiger partial charge is 0.421 e. The Morgan fingerprint density at radius 2 is 2.00 bits per heavy atom. The van der Waals surface area contributed by atoms with Gasteiger partial charge in [-0.25, -0.2) is 0 Å². The van der Waals surface area contributed by atoms with Crippen LogP contribution in [0.25, 0.3) is 5.57 Å². The molecular weight excluding hydrogens is 152 g/mol. The van der Waals surface area contributed by atoms with Gasteiger partial charge in [0, 0.05) is 12.5 Å². The average Bonchev–Trinajstić information content (AvgIpc) is 2.58. The second-order valence-electron chi connectivity index (χ2n) is 3.24. The van der Waals surface area contributed by atoms with Crippen molar-refractivity contribution in [3.05, 3.63) is 17.4 Å². The van der Waals surface area contributed by atoms with Crippen LogP contribution in [0.15, 0.2) is 9.99 Å². The van der Waals surface area contributed by atoms with Gasteiger partial charge in [0.05, 0.1) is 0 Å². The van der Waals surface area contributed by atoms with Crippen molar-refractivity contribution < 1.29 is 4.42 Å². The Hall–Kier alpha value is -1.12. The van der Waals surface area contributed by atoms with Crippen LogP contribution in [0, 0.1) is 6.92 Å². The highest BCUT2D eigenvalue weighted by Crippen LogP contribution is 2.32. The summed E-state index contributed by atoms with van der Waals surface area (Å²) < 4.78 is 5.36. The fraction of sp³-hybridized carbons (Fsp3) is 0.556. The molecule has 1 aliphatic carbocycles. The molecule has 0 atom stereocenters. The maximum atomic E-state index is 5.36.